The molecule has 3 aromatic rings. The summed E-state index contributed by atoms with van der Waals surface area (Å²) in [6, 6.07) is 3.27. The maximum absolute atomic E-state index is 13.7. The van der Waals surface area contributed by atoms with Crippen LogP contribution < -0.4 is 14.8 Å². The number of pyridine rings is 2. The number of alkyl halides is 2. The van der Waals surface area contributed by atoms with Gasteiger partial charge in [-0.25, -0.2) is 4.98 Å². The summed E-state index contributed by atoms with van der Waals surface area (Å²) in [5.41, 5.74) is 1.81. The first kappa shape index (κ1) is 22.2. The number of carbonyl (C=O) groups is 1. The number of aromatic nitrogens is 4. The van der Waals surface area contributed by atoms with Crippen molar-refractivity contribution in [3.63, 3.8) is 0 Å². The van der Waals surface area contributed by atoms with E-state index in [4.69, 9.17) is 25.8 Å². The van der Waals surface area contributed by atoms with Gasteiger partial charge in [0.2, 0.25) is 5.13 Å². The zero-order valence-electron chi connectivity index (χ0n) is 16.8. The molecule has 4 heterocycles. The van der Waals surface area contributed by atoms with Crippen molar-refractivity contribution < 1.29 is 27.8 Å². The lowest BCUT2D eigenvalue weighted by atomic mass is 9.99. The van der Waals surface area contributed by atoms with E-state index in [0.29, 0.717) is 22.6 Å². The number of amides is 1. The number of nitrogens with one attached hydrogen (secondary N) is 1. The van der Waals surface area contributed by atoms with Crippen molar-refractivity contribution in [2.24, 2.45) is 0 Å². The van der Waals surface area contributed by atoms with Gasteiger partial charge in [0, 0.05) is 18.0 Å². The van der Waals surface area contributed by atoms with Gasteiger partial charge >= 0.3 is 5.92 Å². The van der Waals surface area contributed by atoms with Crippen molar-refractivity contribution in [2.45, 2.75) is 19.0 Å². The number of carbonyl (C=O) groups excluding carboxylic acids is 1. The number of methoxy groups -OCH3 is 1. The van der Waals surface area contributed by atoms with Gasteiger partial charge in [0.25, 0.3) is 11.1 Å². The number of nitrogens with zero attached hydrogens (tertiary/aromatic N) is 4. The van der Waals surface area contributed by atoms with Gasteiger partial charge in [-0.2, -0.15) is 8.78 Å². The van der Waals surface area contributed by atoms with E-state index in [2.05, 4.69) is 25.5 Å². The average molecular weight is 484 g/mol. The standard InChI is InChI=1S/C19H16ClF2N5O4S/c1-9-15(29-2)14(10-3-4-23-13(20)5-10)11(6-24-9)16(28)25-17-26-27-18(32-17)31-12-7-30-8-19(12,21)22/h3-6,12H,7-8H2,1-2H3,(H,25,26,28)/t12-/m0/s1. The Hall–Kier alpha value is -2.96. The lowest BCUT2D eigenvalue weighted by molar-refractivity contribution is -0.0660. The van der Waals surface area contributed by atoms with E-state index in [1.54, 1.807) is 19.1 Å². The largest absolute Gasteiger partial charge is 0.494 e. The van der Waals surface area contributed by atoms with Crippen molar-refractivity contribution in [1.29, 1.82) is 0 Å². The third-order valence-corrected chi connectivity index (χ3v) is 5.52. The van der Waals surface area contributed by atoms with Crippen LogP contribution in [0.15, 0.2) is 24.5 Å². The molecule has 0 bridgehead atoms. The fraction of sp³-hybridized carbons (Fsp3) is 0.316. The minimum atomic E-state index is -3.13. The maximum Gasteiger partial charge on any atom is 0.309 e. The van der Waals surface area contributed by atoms with Crippen LogP contribution in [-0.2, 0) is 4.74 Å². The molecule has 9 nitrogen and oxygen atoms in total. The Morgan fingerprint density at radius 3 is 2.88 bits per heavy atom. The van der Waals surface area contributed by atoms with E-state index < -0.39 is 24.5 Å². The van der Waals surface area contributed by atoms with Crippen molar-refractivity contribution >= 4 is 34.0 Å². The van der Waals surface area contributed by atoms with Crippen molar-refractivity contribution in [3.8, 4) is 22.1 Å². The lowest BCUT2D eigenvalue weighted by Gasteiger charge is -2.16. The second-order valence-electron chi connectivity index (χ2n) is 6.74. The van der Waals surface area contributed by atoms with Crippen LogP contribution in [0.1, 0.15) is 16.1 Å². The summed E-state index contributed by atoms with van der Waals surface area (Å²) in [7, 11) is 1.47. The highest BCUT2D eigenvalue weighted by Crippen LogP contribution is 2.37. The fourth-order valence-corrected chi connectivity index (χ4v) is 3.90. The Kier molecular flexibility index (Phi) is 6.17. The van der Waals surface area contributed by atoms with Crippen LogP contribution in [0.2, 0.25) is 5.15 Å². The van der Waals surface area contributed by atoms with Gasteiger partial charge in [0.05, 0.1) is 25.0 Å². The fourth-order valence-electron chi connectivity index (χ4n) is 3.09. The minimum Gasteiger partial charge on any atom is -0.494 e. The summed E-state index contributed by atoms with van der Waals surface area (Å²) >= 11 is 6.84. The van der Waals surface area contributed by atoms with Gasteiger partial charge in [-0.05, 0) is 36.0 Å². The number of hydrogen-bond acceptors (Lipinski definition) is 9. The Morgan fingerprint density at radius 2 is 2.19 bits per heavy atom. The molecule has 4 rings (SSSR count). The molecule has 0 aliphatic carbocycles. The molecule has 1 amide bonds. The zero-order valence-corrected chi connectivity index (χ0v) is 18.3. The molecular formula is C19H16ClF2N5O4S. The predicted octanol–water partition coefficient (Wildman–Crippen LogP) is 3.63. The van der Waals surface area contributed by atoms with E-state index >= 15 is 0 Å². The molecule has 0 unspecified atom stereocenters. The maximum atomic E-state index is 13.7. The Bertz CT molecular complexity index is 1160. The second kappa shape index (κ2) is 8.88. The molecule has 1 saturated heterocycles. The number of anilines is 1. The molecule has 32 heavy (non-hydrogen) atoms. The van der Waals surface area contributed by atoms with Crippen LogP contribution in [0, 0.1) is 6.92 Å². The molecule has 3 aromatic heterocycles. The van der Waals surface area contributed by atoms with Crippen molar-refractivity contribution in [2.75, 3.05) is 25.6 Å². The summed E-state index contributed by atoms with van der Waals surface area (Å²) in [6.45, 7) is 0.759. The minimum absolute atomic E-state index is 0.0606. The van der Waals surface area contributed by atoms with Crippen LogP contribution in [0.25, 0.3) is 11.1 Å². The second-order valence-corrected chi connectivity index (χ2v) is 8.07. The SMILES string of the molecule is COc1c(C)ncc(C(=O)Nc2nnc(O[C@H]3COCC3(F)F)s2)c1-c1ccnc(Cl)c1. The first-order valence-electron chi connectivity index (χ1n) is 9.21. The van der Waals surface area contributed by atoms with Crippen LogP contribution >= 0.6 is 22.9 Å². The lowest BCUT2D eigenvalue weighted by Crippen LogP contribution is -2.36. The smallest absolute Gasteiger partial charge is 0.309 e. The first-order valence-corrected chi connectivity index (χ1v) is 10.4. The van der Waals surface area contributed by atoms with Crippen LogP contribution in [-0.4, -0.2) is 58.4 Å². The van der Waals surface area contributed by atoms with Crippen LogP contribution in [0.3, 0.4) is 0 Å². The summed E-state index contributed by atoms with van der Waals surface area (Å²) < 4.78 is 42.8. The summed E-state index contributed by atoms with van der Waals surface area (Å²) in [5, 5.41) is 10.3. The molecular weight excluding hydrogens is 468 g/mol. The molecule has 0 saturated carbocycles. The van der Waals surface area contributed by atoms with E-state index in [1.807, 2.05) is 0 Å². The molecule has 1 atom stereocenters. The first-order chi connectivity index (χ1) is 15.3. The molecule has 1 aliphatic heterocycles. The zero-order chi connectivity index (χ0) is 22.9. The Balaban J connectivity index is 1.60. The molecule has 1 fully saturated rings. The van der Waals surface area contributed by atoms with Gasteiger partial charge in [-0.1, -0.05) is 16.7 Å². The Morgan fingerprint density at radius 1 is 1.38 bits per heavy atom. The van der Waals surface area contributed by atoms with Gasteiger partial charge in [0.1, 0.15) is 17.5 Å². The van der Waals surface area contributed by atoms with Gasteiger partial charge in [-0.15, -0.1) is 5.10 Å². The molecule has 0 spiro atoms. The molecule has 1 aliphatic rings. The summed E-state index contributed by atoms with van der Waals surface area (Å²) in [6.07, 6.45) is 1.43. The normalized spacial score (nSPS) is 17.2. The quantitative estimate of drug-likeness (QED) is 0.529. The average Bonchev–Trinajstić information content (AvgIpc) is 3.33. The summed E-state index contributed by atoms with van der Waals surface area (Å²) in [4.78, 5) is 21.2. The van der Waals surface area contributed by atoms with E-state index in [9.17, 15) is 13.6 Å². The van der Waals surface area contributed by atoms with E-state index in [1.165, 1.54) is 19.5 Å². The van der Waals surface area contributed by atoms with Gasteiger partial charge in [0.15, 0.2) is 6.10 Å². The number of halogens is 3. The highest BCUT2D eigenvalue weighted by molar-refractivity contribution is 7.17. The highest BCUT2D eigenvalue weighted by Gasteiger charge is 2.47. The predicted molar refractivity (Wildman–Crippen MR) is 112 cm³/mol. The topological polar surface area (TPSA) is 108 Å². The van der Waals surface area contributed by atoms with Crippen LogP contribution in [0.4, 0.5) is 13.9 Å². The Labute approximate surface area is 189 Å². The third kappa shape index (κ3) is 4.47. The number of ether oxygens (including phenoxy) is 3. The number of rotatable bonds is 6. The number of aryl methyl sites for hydroxylation is 1. The monoisotopic (exact) mass is 483 g/mol. The van der Waals surface area contributed by atoms with Crippen LogP contribution in [0.5, 0.6) is 10.9 Å². The molecule has 0 radical (unpaired) electrons. The van der Waals surface area contributed by atoms with E-state index in [0.717, 1.165) is 11.3 Å². The third-order valence-electron chi connectivity index (χ3n) is 4.58. The molecule has 13 heteroatoms. The number of hydrogen-bond donors (Lipinski definition) is 1. The molecule has 1 N–H and O–H groups in total. The van der Waals surface area contributed by atoms with Gasteiger partial charge < -0.3 is 14.2 Å². The van der Waals surface area contributed by atoms with Crippen molar-refractivity contribution in [3.05, 3.63) is 40.9 Å². The highest BCUT2D eigenvalue weighted by atomic mass is 35.5. The summed E-state index contributed by atoms with van der Waals surface area (Å²) in [5.74, 6) is -3.29. The van der Waals surface area contributed by atoms with Gasteiger partial charge in [-0.3, -0.25) is 15.1 Å². The van der Waals surface area contributed by atoms with Crippen molar-refractivity contribution in [1.82, 2.24) is 20.2 Å². The van der Waals surface area contributed by atoms with E-state index in [-0.39, 0.29) is 27.6 Å². The molecule has 168 valence electrons. The molecule has 0 aromatic carbocycles.